The number of carbonyl (C=O) groups excluding carboxylic acids is 1. The van der Waals surface area contributed by atoms with E-state index < -0.39 is 0 Å². The first kappa shape index (κ1) is 17.3. The van der Waals surface area contributed by atoms with Crippen molar-refractivity contribution in [2.24, 2.45) is 0 Å². The van der Waals surface area contributed by atoms with Gasteiger partial charge < -0.3 is 20.1 Å². The lowest BCUT2D eigenvalue weighted by Gasteiger charge is -2.13. The van der Waals surface area contributed by atoms with Crippen molar-refractivity contribution in [1.82, 2.24) is 10.6 Å². The second kappa shape index (κ2) is 10.0. The molecule has 0 aliphatic carbocycles. The van der Waals surface area contributed by atoms with Crippen LogP contribution in [0.4, 0.5) is 0 Å². The Morgan fingerprint density at radius 3 is 2.76 bits per heavy atom. The number of carbonyl (C=O) groups is 1. The first-order valence-corrected chi connectivity index (χ1v) is 7.48. The number of rotatable bonds is 10. The Kier molecular flexibility index (Phi) is 8.28. The molecule has 0 aliphatic heterocycles. The van der Waals surface area contributed by atoms with Gasteiger partial charge in [0.1, 0.15) is 11.5 Å². The average Bonchev–Trinajstić information content (AvgIpc) is 2.49. The van der Waals surface area contributed by atoms with Crippen LogP contribution in [0.15, 0.2) is 18.2 Å². The minimum Gasteiger partial charge on any atom is -0.497 e. The molecule has 0 aromatic heterocycles. The molecule has 1 aromatic carbocycles. The van der Waals surface area contributed by atoms with Gasteiger partial charge in [0, 0.05) is 24.7 Å². The summed E-state index contributed by atoms with van der Waals surface area (Å²) in [4.78, 5) is 11.4. The van der Waals surface area contributed by atoms with Crippen molar-refractivity contribution < 1.29 is 14.3 Å². The first-order chi connectivity index (χ1) is 10.2. The fourth-order valence-electron chi connectivity index (χ4n) is 1.88. The molecule has 0 unspecified atom stereocenters. The van der Waals surface area contributed by atoms with E-state index in [9.17, 15) is 4.79 Å². The van der Waals surface area contributed by atoms with Gasteiger partial charge in [-0.1, -0.05) is 13.0 Å². The van der Waals surface area contributed by atoms with E-state index in [0.717, 1.165) is 36.6 Å². The van der Waals surface area contributed by atoms with Crippen molar-refractivity contribution in [2.75, 3.05) is 26.8 Å². The highest BCUT2D eigenvalue weighted by atomic mass is 16.5. The summed E-state index contributed by atoms with van der Waals surface area (Å²) >= 11 is 0. The van der Waals surface area contributed by atoms with Crippen molar-refractivity contribution in [3.63, 3.8) is 0 Å². The van der Waals surface area contributed by atoms with Gasteiger partial charge in [-0.25, -0.2) is 0 Å². The van der Waals surface area contributed by atoms with Crippen molar-refractivity contribution in [1.29, 1.82) is 0 Å². The number of amides is 1. The van der Waals surface area contributed by atoms with Gasteiger partial charge in [0.15, 0.2) is 0 Å². The second-order valence-corrected chi connectivity index (χ2v) is 4.70. The summed E-state index contributed by atoms with van der Waals surface area (Å²) in [7, 11) is 1.63. The van der Waals surface area contributed by atoms with Gasteiger partial charge >= 0.3 is 0 Å². The van der Waals surface area contributed by atoms with Crippen molar-refractivity contribution >= 4 is 5.91 Å². The van der Waals surface area contributed by atoms with E-state index in [4.69, 9.17) is 9.47 Å². The van der Waals surface area contributed by atoms with Crippen LogP contribution in [0.3, 0.4) is 0 Å². The standard InChI is InChI=1S/C16H26N2O3/c1-4-9-17-12-13-6-7-14(20-3)11-15(13)21-10-8-16(19)18-5-2/h6-7,11,17H,4-5,8-10,12H2,1-3H3,(H,18,19). The predicted molar refractivity (Wildman–Crippen MR) is 83.8 cm³/mol. The Balaban J connectivity index is 2.60. The molecule has 1 aromatic rings. The molecule has 2 N–H and O–H groups in total. The Morgan fingerprint density at radius 2 is 2.10 bits per heavy atom. The van der Waals surface area contributed by atoms with Crippen LogP contribution in [0.1, 0.15) is 32.3 Å². The molecule has 0 saturated carbocycles. The summed E-state index contributed by atoms with van der Waals surface area (Å²) in [6, 6.07) is 5.77. The monoisotopic (exact) mass is 294 g/mol. The summed E-state index contributed by atoms with van der Waals surface area (Å²) in [6.45, 7) is 6.74. The molecular formula is C16H26N2O3. The third-order valence-electron chi connectivity index (χ3n) is 2.98. The van der Waals surface area contributed by atoms with E-state index in [2.05, 4.69) is 17.6 Å². The molecule has 5 nitrogen and oxygen atoms in total. The van der Waals surface area contributed by atoms with Crippen molar-refractivity contribution in [2.45, 2.75) is 33.2 Å². The Morgan fingerprint density at radius 1 is 1.29 bits per heavy atom. The molecule has 0 aliphatic rings. The normalized spacial score (nSPS) is 10.2. The Bertz CT molecular complexity index is 436. The highest BCUT2D eigenvalue weighted by Gasteiger charge is 2.07. The number of nitrogens with one attached hydrogen (secondary N) is 2. The lowest BCUT2D eigenvalue weighted by atomic mass is 10.2. The lowest BCUT2D eigenvalue weighted by Crippen LogP contribution is -2.24. The predicted octanol–water partition coefficient (Wildman–Crippen LogP) is 2.10. The SMILES string of the molecule is CCCNCc1ccc(OC)cc1OCCC(=O)NCC. The highest BCUT2D eigenvalue weighted by Crippen LogP contribution is 2.25. The largest absolute Gasteiger partial charge is 0.497 e. The lowest BCUT2D eigenvalue weighted by molar-refractivity contribution is -0.121. The van der Waals surface area contributed by atoms with Crippen molar-refractivity contribution in [3.05, 3.63) is 23.8 Å². The summed E-state index contributed by atoms with van der Waals surface area (Å²) in [5.74, 6) is 1.52. The van der Waals surface area contributed by atoms with Crippen LogP contribution in [-0.4, -0.2) is 32.7 Å². The van der Waals surface area contributed by atoms with Crippen LogP contribution in [0, 0.1) is 0 Å². The second-order valence-electron chi connectivity index (χ2n) is 4.70. The van der Waals surface area contributed by atoms with Gasteiger partial charge in [-0.15, -0.1) is 0 Å². The minimum absolute atomic E-state index is 0.00561. The number of methoxy groups -OCH3 is 1. The molecule has 0 atom stereocenters. The summed E-state index contributed by atoms with van der Waals surface area (Å²) in [5.41, 5.74) is 1.07. The minimum atomic E-state index is 0.00561. The average molecular weight is 294 g/mol. The molecular weight excluding hydrogens is 268 g/mol. The molecule has 0 heterocycles. The van der Waals surface area contributed by atoms with E-state index >= 15 is 0 Å². The maximum absolute atomic E-state index is 11.4. The third-order valence-corrected chi connectivity index (χ3v) is 2.98. The van der Waals surface area contributed by atoms with Crippen LogP contribution in [0.5, 0.6) is 11.5 Å². The fraction of sp³-hybridized carbons (Fsp3) is 0.562. The van der Waals surface area contributed by atoms with Crippen LogP contribution in [0.25, 0.3) is 0 Å². The fourth-order valence-corrected chi connectivity index (χ4v) is 1.88. The molecule has 0 spiro atoms. The van der Waals surface area contributed by atoms with Crippen LogP contribution < -0.4 is 20.1 Å². The zero-order chi connectivity index (χ0) is 15.5. The smallest absolute Gasteiger partial charge is 0.223 e. The van der Waals surface area contributed by atoms with Gasteiger partial charge in [-0.05, 0) is 26.0 Å². The molecule has 21 heavy (non-hydrogen) atoms. The van der Waals surface area contributed by atoms with Gasteiger partial charge in [0.2, 0.25) is 5.91 Å². The number of benzene rings is 1. The van der Waals surface area contributed by atoms with Gasteiger partial charge in [0.25, 0.3) is 0 Å². The van der Waals surface area contributed by atoms with Gasteiger partial charge in [0.05, 0.1) is 20.1 Å². The molecule has 0 fully saturated rings. The molecule has 0 saturated heterocycles. The maximum atomic E-state index is 11.4. The Labute approximate surface area is 127 Å². The summed E-state index contributed by atoms with van der Waals surface area (Å²) in [6.07, 6.45) is 1.44. The van der Waals surface area contributed by atoms with Crippen molar-refractivity contribution in [3.8, 4) is 11.5 Å². The quantitative estimate of drug-likeness (QED) is 0.649. The first-order valence-electron chi connectivity index (χ1n) is 7.48. The van der Waals surface area contributed by atoms with Gasteiger partial charge in [-0.3, -0.25) is 4.79 Å². The van der Waals surface area contributed by atoms with E-state index in [1.54, 1.807) is 7.11 Å². The summed E-state index contributed by atoms with van der Waals surface area (Å²) in [5, 5.41) is 6.10. The van der Waals surface area contributed by atoms with E-state index in [-0.39, 0.29) is 5.91 Å². The van der Waals surface area contributed by atoms with Crippen LogP contribution >= 0.6 is 0 Å². The maximum Gasteiger partial charge on any atom is 0.223 e. The van der Waals surface area contributed by atoms with E-state index in [1.807, 2.05) is 25.1 Å². The zero-order valence-electron chi connectivity index (χ0n) is 13.2. The molecule has 5 heteroatoms. The number of ether oxygens (including phenoxy) is 2. The van der Waals surface area contributed by atoms with Crippen LogP contribution in [-0.2, 0) is 11.3 Å². The highest BCUT2D eigenvalue weighted by molar-refractivity contribution is 5.75. The molecule has 0 radical (unpaired) electrons. The number of hydrogen-bond donors (Lipinski definition) is 2. The van der Waals surface area contributed by atoms with E-state index in [0.29, 0.717) is 19.6 Å². The molecule has 1 amide bonds. The summed E-state index contributed by atoms with van der Waals surface area (Å²) < 4.78 is 11.0. The number of hydrogen-bond acceptors (Lipinski definition) is 4. The third kappa shape index (κ3) is 6.49. The van der Waals surface area contributed by atoms with Crippen LogP contribution in [0.2, 0.25) is 0 Å². The van der Waals surface area contributed by atoms with E-state index in [1.165, 1.54) is 0 Å². The zero-order valence-corrected chi connectivity index (χ0v) is 13.2. The molecule has 0 bridgehead atoms. The topological polar surface area (TPSA) is 59.6 Å². The molecule has 1 rings (SSSR count). The Hall–Kier alpha value is -1.75. The molecule has 118 valence electrons. The van der Waals surface area contributed by atoms with Gasteiger partial charge in [-0.2, -0.15) is 0 Å².